The van der Waals surface area contributed by atoms with Crippen LogP contribution in [0.25, 0.3) is 0 Å². The number of amides is 5. The summed E-state index contributed by atoms with van der Waals surface area (Å²) in [6, 6.07) is 17.1. The first-order valence-electron chi connectivity index (χ1n) is 20.7. The number of Topliss-reactive ketones (excluding diaryl/α,β-unsaturated/α-hetero) is 1. The zero-order valence-electron chi connectivity index (χ0n) is 34.1. The highest BCUT2D eigenvalue weighted by Crippen LogP contribution is 2.32. The van der Waals surface area contributed by atoms with E-state index in [1.165, 1.54) is 4.90 Å². The van der Waals surface area contributed by atoms with Gasteiger partial charge in [-0.2, -0.15) is 0 Å². The Labute approximate surface area is 365 Å². The lowest BCUT2D eigenvalue weighted by Gasteiger charge is -2.35. The monoisotopic (exact) mass is 877 g/mol. The zero-order valence-corrected chi connectivity index (χ0v) is 35.6. The Balaban J connectivity index is 1.34. The summed E-state index contributed by atoms with van der Waals surface area (Å²) in [5.74, 6) is -6.66. The summed E-state index contributed by atoms with van der Waals surface area (Å²) in [5.41, 5.74) is 6.59. The molecule has 2 aliphatic rings. The minimum Gasteiger partial charge on any atom is -0.478 e. The van der Waals surface area contributed by atoms with E-state index in [9.17, 15) is 38.7 Å². The predicted octanol–water partition coefficient (Wildman–Crippen LogP) is 5.58. The molecule has 5 rings (SSSR count). The Morgan fingerprint density at radius 3 is 2.13 bits per heavy atom. The van der Waals surface area contributed by atoms with Crippen LogP contribution in [0.2, 0.25) is 10.0 Å². The molecule has 326 valence electrons. The Morgan fingerprint density at radius 1 is 0.869 bits per heavy atom. The number of carboxylic acid groups (broad SMARTS) is 1. The Hall–Kier alpha value is -5.31. The van der Waals surface area contributed by atoms with Gasteiger partial charge < -0.3 is 36.4 Å². The lowest BCUT2D eigenvalue weighted by atomic mass is 9.83. The molecule has 1 aliphatic carbocycles. The fraction of sp³-hybridized carbons (Fsp3) is 0.444. The highest BCUT2D eigenvalue weighted by molar-refractivity contribution is 6.42. The van der Waals surface area contributed by atoms with E-state index in [1.807, 2.05) is 36.4 Å². The van der Waals surface area contributed by atoms with Gasteiger partial charge in [-0.25, -0.2) is 4.79 Å². The third kappa shape index (κ3) is 12.6. The summed E-state index contributed by atoms with van der Waals surface area (Å²) < 4.78 is 6.23. The van der Waals surface area contributed by atoms with Gasteiger partial charge in [0, 0.05) is 19.5 Å². The molecule has 0 aromatic heterocycles. The number of carboxylic acids is 1. The van der Waals surface area contributed by atoms with Crippen molar-refractivity contribution in [1.82, 2.24) is 20.9 Å². The quantitative estimate of drug-likeness (QED) is 0.0707. The van der Waals surface area contributed by atoms with E-state index in [0.717, 1.165) is 42.5 Å². The standard InChI is InChI=1S/C45H53Cl2N5O9/c1-2-13-36(39(53)43(57)49-21-12-20-31(40(48)54)28-16-8-4-9-17-28)50-42(56)37-22-30(61-26-27-14-6-3-7-15-27)25-52(37)44(58)38(29-18-10-5-11-19-29)51-41(55)32-23-34(46)35(47)24-33(32)45(59)60/h3-4,6-9,14-17,23-24,29-31,36-38H,2,5,10-13,18-22,25-26H2,1H3,(H2,48,54)(H,49,57)(H,50,56)(H,51,55)(H,59,60)/t30-,31?,36?,37+,38+/m1/s1. The molecular weight excluding hydrogens is 825 g/mol. The lowest BCUT2D eigenvalue weighted by molar-refractivity contribution is -0.143. The maximum Gasteiger partial charge on any atom is 0.336 e. The van der Waals surface area contributed by atoms with E-state index in [4.69, 9.17) is 33.7 Å². The molecule has 5 amide bonds. The smallest absolute Gasteiger partial charge is 0.336 e. The van der Waals surface area contributed by atoms with Gasteiger partial charge in [0.2, 0.25) is 23.5 Å². The molecule has 6 N–H and O–H groups in total. The number of nitrogens with two attached hydrogens (primary N) is 1. The number of hydrogen-bond donors (Lipinski definition) is 5. The number of benzene rings is 3. The van der Waals surface area contributed by atoms with Crippen molar-refractivity contribution in [2.24, 2.45) is 11.7 Å². The maximum atomic E-state index is 14.8. The number of likely N-dealkylation sites (tertiary alicyclic amines) is 1. The molecule has 3 aromatic rings. The second kappa shape index (κ2) is 22.5. The summed E-state index contributed by atoms with van der Waals surface area (Å²) in [6.45, 7) is 2.07. The third-order valence-electron chi connectivity index (χ3n) is 11.3. The Morgan fingerprint density at radius 2 is 1.51 bits per heavy atom. The molecule has 0 spiro atoms. The summed E-state index contributed by atoms with van der Waals surface area (Å²) in [6.07, 6.45) is 4.47. The first-order chi connectivity index (χ1) is 29.3. The second-order valence-electron chi connectivity index (χ2n) is 15.6. The molecule has 3 aromatic carbocycles. The van der Waals surface area contributed by atoms with E-state index in [0.29, 0.717) is 32.1 Å². The lowest BCUT2D eigenvalue weighted by Crippen LogP contribution is -2.58. The van der Waals surface area contributed by atoms with Crippen LogP contribution in [0, 0.1) is 5.92 Å². The van der Waals surface area contributed by atoms with Gasteiger partial charge in [-0.3, -0.25) is 28.8 Å². The zero-order chi connectivity index (χ0) is 44.1. The van der Waals surface area contributed by atoms with Gasteiger partial charge in [-0.1, -0.05) is 116 Å². The third-order valence-corrected chi connectivity index (χ3v) is 12.0. The summed E-state index contributed by atoms with van der Waals surface area (Å²) in [7, 11) is 0. The van der Waals surface area contributed by atoms with Gasteiger partial charge in [-0.15, -0.1) is 0 Å². The number of nitrogens with zero attached hydrogens (tertiary/aromatic N) is 1. The molecule has 0 radical (unpaired) electrons. The fourth-order valence-electron chi connectivity index (χ4n) is 8.09. The molecule has 2 fully saturated rings. The van der Waals surface area contributed by atoms with E-state index < -0.39 is 77.0 Å². The van der Waals surface area contributed by atoms with Gasteiger partial charge in [-0.05, 0) is 61.3 Å². The predicted molar refractivity (Wildman–Crippen MR) is 229 cm³/mol. The van der Waals surface area contributed by atoms with E-state index in [-0.39, 0.29) is 54.1 Å². The minimum atomic E-state index is -1.41. The molecule has 61 heavy (non-hydrogen) atoms. The van der Waals surface area contributed by atoms with E-state index in [2.05, 4.69) is 16.0 Å². The number of carbonyl (C=O) groups excluding carboxylic acids is 6. The normalized spacial score (nSPS) is 18.0. The van der Waals surface area contributed by atoms with Crippen molar-refractivity contribution < 1.29 is 43.4 Å². The SMILES string of the molecule is CCCC(NC(=O)[C@@H]1C[C@@H](OCc2ccccc2)CN1C(=O)[C@@H](NC(=O)c1cc(Cl)c(Cl)cc1C(=O)O)C1CCCCC1)C(=O)C(=O)NCCCC(C(N)=O)c1ccccc1. The van der Waals surface area contributed by atoms with Crippen LogP contribution in [0.15, 0.2) is 72.8 Å². The Kier molecular flexibility index (Phi) is 17.3. The average molecular weight is 879 g/mol. The van der Waals surface area contributed by atoms with Crippen molar-refractivity contribution >= 4 is 64.5 Å². The highest BCUT2D eigenvalue weighted by atomic mass is 35.5. The molecule has 0 bridgehead atoms. The number of nitrogens with one attached hydrogen (secondary N) is 3. The van der Waals surface area contributed by atoms with Crippen molar-refractivity contribution in [2.45, 2.75) is 108 Å². The number of aromatic carboxylic acids is 1. The second-order valence-corrected chi connectivity index (χ2v) is 16.4. The first kappa shape index (κ1) is 46.8. The van der Waals surface area contributed by atoms with Crippen LogP contribution in [-0.2, 0) is 35.3 Å². The summed E-state index contributed by atoms with van der Waals surface area (Å²) in [5, 5.41) is 17.9. The molecule has 16 heteroatoms. The van der Waals surface area contributed by atoms with Crippen LogP contribution < -0.4 is 21.7 Å². The van der Waals surface area contributed by atoms with Crippen LogP contribution in [0.4, 0.5) is 0 Å². The number of carbonyl (C=O) groups is 7. The Bertz CT molecular complexity index is 2050. The largest absolute Gasteiger partial charge is 0.478 e. The maximum absolute atomic E-state index is 14.8. The molecule has 1 saturated heterocycles. The highest BCUT2D eigenvalue weighted by Gasteiger charge is 2.45. The average Bonchev–Trinajstić information content (AvgIpc) is 3.70. The fourth-order valence-corrected chi connectivity index (χ4v) is 8.42. The van der Waals surface area contributed by atoms with Gasteiger partial charge in [0.05, 0.1) is 45.8 Å². The van der Waals surface area contributed by atoms with E-state index in [1.54, 1.807) is 31.2 Å². The molecular formula is C45H53Cl2N5O9. The van der Waals surface area contributed by atoms with Gasteiger partial charge in [0.15, 0.2) is 0 Å². The summed E-state index contributed by atoms with van der Waals surface area (Å²) >= 11 is 12.3. The molecule has 1 aliphatic heterocycles. The van der Waals surface area contributed by atoms with Crippen LogP contribution >= 0.6 is 23.2 Å². The number of primary amides is 1. The minimum absolute atomic E-state index is 0.0157. The number of rotatable bonds is 20. The molecule has 1 saturated carbocycles. The van der Waals surface area contributed by atoms with Crippen molar-refractivity contribution in [3.63, 3.8) is 0 Å². The summed E-state index contributed by atoms with van der Waals surface area (Å²) in [4.78, 5) is 95.3. The van der Waals surface area contributed by atoms with Crippen molar-refractivity contribution in [3.8, 4) is 0 Å². The molecule has 5 atom stereocenters. The number of ether oxygens (including phenoxy) is 1. The molecule has 1 heterocycles. The van der Waals surface area contributed by atoms with Crippen LogP contribution in [0.3, 0.4) is 0 Å². The number of hydrogen-bond acceptors (Lipinski definition) is 8. The number of halogens is 2. The van der Waals surface area contributed by atoms with Crippen LogP contribution in [-0.4, -0.2) is 88.6 Å². The first-order valence-corrected chi connectivity index (χ1v) is 21.5. The van der Waals surface area contributed by atoms with E-state index >= 15 is 0 Å². The van der Waals surface area contributed by atoms with Gasteiger partial charge in [0.25, 0.3) is 11.8 Å². The van der Waals surface area contributed by atoms with Crippen molar-refractivity contribution in [1.29, 1.82) is 0 Å². The van der Waals surface area contributed by atoms with Crippen LogP contribution in [0.5, 0.6) is 0 Å². The topological polar surface area (TPSA) is 214 Å². The van der Waals surface area contributed by atoms with Gasteiger partial charge in [0.1, 0.15) is 12.1 Å². The van der Waals surface area contributed by atoms with Gasteiger partial charge >= 0.3 is 5.97 Å². The van der Waals surface area contributed by atoms with Crippen molar-refractivity contribution in [2.75, 3.05) is 13.1 Å². The molecule has 2 unspecified atom stereocenters. The number of ketones is 1. The van der Waals surface area contributed by atoms with Crippen molar-refractivity contribution in [3.05, 3.63) is 105 Å². The molecule has 14 nitrogen and oxygen atoms in total. The van der Waals surface area contributed by atoms with Crippen LogP contribution in [0.1, 0.15) is 109 Å².